The van der Waals surface area contributed by atoms with Crippen molar-refractivity contribution in [1.82, 2.24) is 14.9 Å². The average Bonchev–Trinajstić information content (AvgIpc) is 3.05. The first-order chi connectivity index (χ1) is 14.4. The van der Waals surface area contributed by atoms with Crippen LogP contribution in [0.3, 0.4) is 0 Å². The second-order valence-electron chi connectivity index (χ2n) is 6.71. The van der Waals surface area contributed by atoms with E-state index < -0.39 is 23.6 Å². The van der Waals surface area contributed by atoms with E-state index in [2.05, 4.69) is 10.3 Å². The lowest BCUT2D eigenvalue weighted by Crippen LogP contribution is -2.38. The fourth-order valence-corrected chi connectivity index (χ4v) is 2.93. The summed E-state index contributed by atoms with van der Waals surface area (Å²) in [4.78, 5) is 15.9. The summed E-state index contributed by atoms with van der Waals surface area (Å²) in [6.45, 7) is 5.49. The smallest absolute Gasteiger partial charge is 0.234 e. The number of ether oxygens (including phenoxy) is 2. The molecule has 3 aromatic rings. The first-order valence-corrected chi connectivity index (χ1v) is 9.61. The molecule has 0 bridgehead atoms. The second-order valence-corrected chi connectivity index (χ2v) is 6.71. The molecule has 0 aliphatic rings. The molecule has 1 atom stereocenters. The highest BCUT2D eigenvalue weighted by molar-refractivity contribution is 5.79. The minimum absolute atomic E-state index is 0.0756. The number of imidazole rings is 1. The Hall–Kier alpha value is -3.04. The van der Waals surface area contributed by atoms with Crippen molar-refractivity contribution in [2.45, 2.75) is 33.0 Å². The zero-order chi connectivity index (χ0) is 21.7. The van der Waals surface area contributed by atoms with E-state index in [1.807, 2.05) is 11.5 Å². The Morgan fingerprint density at radius 1 is 1.27 bits per heavy atom. The van der Waals surface area contributed by atoms with Crippen molar-refractivity contribution in [3.8, 4) is 11.5 Å². The normalized spacial score (nSPS) is 12.3. The van der Waals surface area contributed by atoms with E-state index >= 15 is 0 Å². The van der Waals surface area contributed by atoms with Gasteiger partial charge in [-0.15, -0.1) is 0 Å². The van der Waals surface area contributed by atoms with Gasteiger partial charge in [0.1, 0.15) is 17.4 Å². The molecule has 0 saturated heterocycles. The van der Waals surface area contributed by atoms with Gasteiger partial charge in [0.05, 0.1) is 30.2 Å². The molecule has 7 nitrogen and oxygen atoms in total. The molecule has 160 valence electrons. The van der Waals surface area contributed by atoms with Gasteiger partial charge in [-0.1, -0.05) is 0 Å². The Morgan fingerprint density at radius 3 is 2.77 bits per heavy atom. The maximum absolute atomic E-state index is 13.9. The van der Waals surface area contributed by atoms with Crippen molar-refractivity contribution in [2.75, 3.05) is 13.2 Å². The average molecular weight is 418 g/mol. The largest absolute Gasteiger partial charge is 0.454 e. The molecule has 0 radical (unpaired) electrons. The number of carbonyl (C=O) groups excluding carboxylic acids is 1. The van der Waals surface area contributed by atoms with Crippen molar-refractivity contribution in [3.63, 3.8) is 0 Å². The molecular formula is C21H24F2N4O3. The van der Waals surface area contributed by atoms with E-state index in [0.717, 1.165) is 17.6 Å². The van der Waals surface area contributed by atoms with Gasteiger partial charge in [0.15, 0.2) is 11.6 Å². The lowest BCUT2D eigenvalue weighted by atomic mass is 10.3. The van der Waals surface area contributed by atoms with E-state index in [0.29, 0.717) is 43.4 Å². The van der Waals surface area contributed by atoms with Crippen molar-refractivity contribution in [3.05, 3.63) is 53.9 Å². The summed E-state index contributed by atoms with van der Waals surface area (Å²) >= 11 is 0. The van der Waals surface area contributed by atoms with Crippen LogP contribution in [0.1, 0.15) is 19.7 Å². The van der Waals surface area contributed by atoms with E-state index in [1.165, 1.54) is 6.07 Å². The first kappa shape index (κ1) is 21.7. The maximum atomic E-state index is 13.9. The van der Waals surface area contributed by atoms with Crippen LogP contribution in [-0.2, 0) is 22.6 Å². The molecule has 0 unspecified atom stereocenters. The molecule has 2 aromatic carbocycles. The Bertz CT molecular complexity index is 1040. The Morgan fingerprint density at radius 2 is 2.07 bits per heavy atom. The highest BCUT2D eigenvalue weighted by atomic mass is 19.1. The van der Waals surface area contributed by atoms with Gasteiger partial charge in [-0.25, -0.2) is 13.8 Å². The SMILES string of the molecule is CCOCCn1c(CN[C@@H](C)C(N)=O)nc2ccc(Oc3ccc(F)cc3F)cc21. The summed E-state index contributed by atoms with van der Waals surface area (Å²) in [7, 11) is 0. The molecule has 9 heteroatoms. The van der Waals surface area contributed by atoms with Gasteiger partial charge in [-0.3, -0.25) is 10.1 Å². The number of hydrogen-bond donors (Lipinski definition) is 2. The molecule has 0 aliphatic heterocycles. The molecule has 0 aliphatic carbocycles. The zero-order valence-electron chi connectivity index (χ0n) is 16.8. The van der Waals surface area contributed by atoms with Crippen LogP contribution in [-0.4, -0.2) is 34.7 Å². The molecule has 1 heterocycles. The molecule has 0 spiro atoms. The van der Waals surface area contributed by atoms with Gasteiger partial charge in [-0.2, -0.15) is 0 Å². The van der Waals surface area contributed by atoms with Crippen LogP contribution in [0.2, 0.25) is 0 Å². The summed E-state index contributed by atoms with van der Waals surface area (Å²) in [5.74, 6) is -0.910. The van der Waals surface area contributed by atoms with Crippen LogP contribution in [0.4, 0.5) is 8.78 Å². The number of fused-ring (bicyclic) bond motifs is 1. The molecular weight excluding hydrogens is 394 g/mol. The molecule has 3 rings (SSSR count). The lowest BCUT2D eigenvalue weighted by Gasteiger charge is -2.13. The first-order valence-electron chi connectivity index (χ1n) is 9.61. The van der Waals surface area contributed by atoms with Gasteiger partial charge < -0.3 is 19.8 Å². The van der Waals surface area contributed by atoms with E-state index in [9.17, 15) is 13.6 Å². The summed E-state index contributed by atoms with van der Waals surface area (Å²) in [5, 5.41) is 3.04. The molecule has 0 saturated carbocycles. The van der Waals surface area contributed by atoms with Crippen LogP contribution in [0.15, 0.2) is 36.4 Å². The fraction of sp³-hybridized carbons (Fsp3) is 0.333. The number of carbonyl (C=O) groups is 1. The highest BCUT2D eigenvalue weighted by Crippen LogP contribution is 2.28. The number of nitrogens with one attached hydrogen (secondary N) is 1. The standard InChI is InChI=1S/C21H24F2N4O3/c1-3-29-9-8-27-18-11-15(30-19-7-4-14(22)10-16(19)23)5-6-17(18)26-20(27)12-25-13(2)21(24)28/h4-7,10-11,13,25H,3,8-9,12H2,1-2H3,(H2,24,28)/t13-/m0/s1. The van der Waals surface area contributed by atoms with Crippen LogP contribution >= 0.6 is 0 Å². The van der Waals surface area contributed by atoms with Crippen LogP contribution in [0.25, 0.3) is 11.0 Å². The number of primary amides is 1. The summed E-state index contributed by atoms with van der Waals surface area (Å²) in [5.41, 5.74) is 6.78. The number of amides is 1. The van der Waals surface area contributed by atoms with Crippen LogP contribution in [0.5, 0.6) is 11.5 Å². The Labute approximate surface area is 172 Å². The Kier molecular flexibility index (Phi) is 6.96. The van der Waals surface area contributed by atoms with Crippen molar-refractivity contribution >= 4 is 16.9 Å². The minimum atomic E-state index is -0.787. The zero-order valence-corrected chi connectivity index (χ0v) is 16.8. The molecule has 0 fully saturated rings. The monoisotopic (exact) mass is 418 g/mol. The number of benzene rings is 2. The summed E-state index contributed by atoms with van der Waals surface area (Å²) in [6, 6.07) is 7.78. The highest BCUT2D eigenvalue weighted by Gasteiger charge is 2.15. The fourth-order valence-electron chi connectivity index (χ4n) is 2.93. The van der Waals surface area contributed by atoms with E-state index in [1.54, 1.807) is 25.1 Å². The number of nitrogens with zero attached hydrogens (tertiary/aromatic N) is 2. The van der Waals surface area contributed by atoms with Crippen LogP contribution < -0.4 is 15.8 Å². The predicted octanol–water partition coefficient (Wildman–Crippen LogP) is 3.11. The number of rotatable bonds is 10. The Balaban J connectivity index is 1.91. The predicted molar refractivity (Wildman–Crippen MR) is 108 cm³/mol. The topological polar surface area (TPSA) is 91.4 Å². The molecule has 1 aromatic heterocycles. The molecule has 3 N–H and O–H groups in total. The minimum Gasteiger partial charge on any atom is -0.454 e. The van der Waals surface area contributed by atoms with Crippen LogP contribution in [0, 0.1) is 11.6 Å². The molecule has 1 amide bonds. The van der Waals surface area contributed by atoms with Gasteiger partial charge >= 0.3 is 0 Å². The summed E-state index contributed by atoms with van der Waals surface area (Å²) < 4.78 is 40.1. The third-order valence-corrected chi connectivity index (χ3v) is 4.58. The van der Waals surface area contributed by atoms with Gasteiger partial charge in [0.25, 0.3) is 0 Å². The number of halogens is 2. The van der Waals surface area contributed by atoms with Crippen molar-refractivity contribution in [1.29, 1.82) is 0 Å². The van der Waals surface area contributed by atoms with E-state index in [-0.39, 0.29) is 5.75 Å². The quantitative estimate of drug-likeness (QED) is 0.494. The van der Waals surface area contributed by atoms with E-state index in [4.69, 9.17) is 15.2 Å². The lowest BCUT2D eigenvalue weighted by molar-refractivity contribution is -0.119. The number of nitrogens with two attached hydrogens (primary N) is 1. The summed E-state index contributed by atoms with van der Waals surface area (Å²) in [6.07, 6.45) is 0. The number of hydrogen-bond acceptors (Lipinski definition) is 5. The van der Waals surface area contributed by atoms with Crippen molar-refractivity contribution < 1.29 is 23.0 Å². The van der Waals surface area contributed by atoms with Crippen molar-refractivity contribution in [2.24, 2.45) is 5.73 Å². The maximum Gasteiger partial charge on any atom is 0.234 e. The van der Waals surface area contributed by atoms with Gasteiger partial charge in [0, 0.05) is 25.3 Å². The third kappa shape index (κ3) is 5.11. The molecule has 30 heavy (non-hydrogen) atoms. The van der Waals surface area contributed by atoms with Gasteiger partial charge in [0.2, 0.25) is 5.91 Å². The third-order valence-electron chi connectivity index (χ3n) is 4.58. The number of aromatic nitrogens is 2. The second kappa shape index (κ2) is 9.64. The van der Waals surface area contributed by atoms with Gasteiger partial charge in [-0.05, 0) is 38.1 Å².